The van der Waals surface area contributed by atoms with Crippen LogP contribution in [0.25, 0.3) is 0 Å². The van der Waals surface area contributed by atoms with E-state index in [1.54, 1.807) is 13.8 Å². The molecule has 0 bridgehead atoms. The van der Waals surface area contributed by atoms with Gasteiger partial charge in [0.05, 0.1) is 22.5 Å². The van der Waals surface area contributed by atoms with Gasteiger partial charge in [-0.3, -0.25) is 10.1 Å². The predicted molar refractivity (Wildman–Crippen MR) is 63.5 cm³/mol. The molecule has 0 heterocycles. The van der Waals surface area contributed by atoms with E-state index in [1.165, 1.54) is 6.07 Å². The summed E-state index contributed by atoms with van der Waals surface area (Å²) < 4.78 is 0. The minimum atomic E-state index is -1.26. The number of non-ortho nitro benzene ring substituents is 1. The van der Waals surface area contributed by atoms with Gasteiger partial charge in [0.2, 0.25) is 0 Å². The van der Waals surface area contributed by atoms with E-state index in [-0.39, 0.29) is 11.3 Å². The fourth-order valence-corrected chi connectivity index (χ4v) is 1.85. The first-order valence-electron chi connectivity index (χ1n) is 5.36. The molecule has 0 aromatic heterocycles. The quantitative estimate of drug-likeness (QED) is 0.651. The highest BCUT2D eigenvalue weighted by Crippen LogP contribution is 2.29. The lowest BCUT2D eigenvalue weighted by Crippen LogP contribution is -2.09. The molecule has 94 valence electrons. The largest absolute Gasteiger partial charge is 0.478 e. The maximum Gasteiger partial charge on any atom is 0.336 e. The van der Waals surface area contributed by atoms with Crippen LogP contribution in [-0.2, 0) is 6.42 Å². The Hall–Kier alpha value is -2.42. The third-order valence-corrected chi connectivity index (χ3v) is 2.70. The molecule has 6 heteroatoms. The van der Waals surface area contributed by atoms with Crippen molar-refractivity contribution >= 4 is 11.7 Å². The number of hydrogen-bond acceptors (Lipinski definition) is 4. The smallest absolute Gasteiger partial charge is 0.336 e. The lowest BCUT2D eigenvalue weighted by atomic mass is 9.90. The van der Waals surface area contributed by atoms with Crippen LogP contribution in [0.4, 0.5) is 5.69 Å². The van der Waals surface area contributed by atoms with E-state index in [1.807, 2.05) is 6.07 Å². The van der Waals surface area contributed by atoms with Gasteiger partial charge in [-0.15, -0.1) is 0 Å². The van der Waals surface area contributed by atoms with Gasteiger partial charge >= 0.3 is 5.97 Å². The molecule has 0 saturated heterocycles. The van der Waals surface area contributed by atoms with Crippen molar-refractivity contribution in [1.29, 1.82) is 5.26 Å². The van der Waals surface area contributed by atoms with Gasteiger partial charge in [0.15, 0.2) is 0 Å². The van der Waals surface area contributed by atoms with Crippen LogP contribution < -0.4 is 0 Å². The highest BCUT2D eigenvalue weighted by Gasteiger charge is 2.23. The van der Waals surface area contributed by atoms with E-state index < -0.39 is 16.8 Å². The Balaban J connectivity index is 3.62. The van der Waals surface area contributed by atoms with Crippen molar-refractivity contribution in [3.8, 4) is 6.07 Å². The maximum absolute atomic E-state index is 11.2. The summed E-state index contributed by atoms with van der Waals surface area (Å²) in [6.07, 6.45) is 0.434. The van der Waals surface area contributed by atoms with Crippen LogP contribution in [0, 0.1) is 21.4 Å². The molecule has 0 amide bonds. The minimum absolute atomic E-state index is 0.171. The number of aryl methyl sites for hydroxylation is 1. The molecule has 6 nitrogen and oxygen atoms in total. The summed E-state index contributed by atoms with van der Waals surface area (Å²) in [5.41, 5.74) is 0.446. The Labute approximate surface area is 104 Å². The molecule has 0 saturated carbocycles. The normalized spacial score (nSPS) is 11.6. The fraction of sp³-hybridized carbons (Fsp3) is 0.333. The molecule has 0 aliphatic carbocycles. The summed E-state index contributed by atoms with van der Waals surface area (Å²) in [4.78, 5) is 21.3. The van der Waals surface area contributed by atoms with Gasteiger partial charge in [-0.1, -0.05) is 6.92 Å². The maximum atomic E-state index is 11.2. The number of aromatic carboxylic acids is 1. The van der Waals surface area contributed by atoms with Gasteiger partial charge in [0.1, 0.15) is 0 Å². The Kier molecular flexibility index (Phi) is 4.00. The third-order valence-electron chi connectivity index (χ3n) is 2.70. The van der Waals surface area contributed by atoms with Crippen LogP contribution in [0.3, 0.4) is 0 Å². The van der Waals surface area contributed by atoms with Crippen LogP contribution in [0.5, 0.6) is 0 Å². The van der Waals surface area contributed by atoms with Crippen molar-refractivity contribution in [3.05, 3.63) is 38.9 Å². The van der Waals surface area contributed by atoms with E-state index in [2.05, 4.69) is 0 Å². The van der Waals surface area contributed by atoms with Gasteiger partial charge in [-0.05, 0) is 24.5 Å². The van der Waals surface area contributed by atoms with Crippen molar-refractivity contribution in [2.75, 3.05) is 0 Å². The van der Waals surface area contributed by atoms with Gasteiger partial charge in [0, 0.05) is 12.1 Å². The summed E-state index contributed by atoms with van der Waals surface area (Å²) in [5, 5.41) is 28.8. The Bertz CT molecular complexity index is 546. The number of carbonyl (C=O) groups is 1. The van der Waals surface area contributed by atoms with Crippen molar-refractivity contribution in [2.24, 2.45) is 0 Å². The fourth-order valence-electron chi connectivity index (χ4n) is 1.85. The molecule has 0 fully saturated rings. The molecule has 1 atom stereocenters. The molecule has 18 heavy (non-hydrogen) atoms. The minimum Gasteiger partial charge on any atom is -0.478 e. The second-order valence-corrected chi connectivity index (χ2v) is 3.83. The molecule has 0 aliphatic heterocycles. The standard InChI is InChI=1S/C12H12N2O4/c1-3-8-4-9(14(17)18)5-10(12(15)16)11(8)7(2)6-13/h4-5,7H,3H2,1-2H3,(H,15,16). The number of carboxylic acid groups (broad SMARTS) is 1. The highest BCUT2D eigenvalue weighted by molar-refractivity contribution is 5.91. The number of nitro benzene ring substituents is 1. The Morgan fingerprint density at radius 2 is 2.22 bits per heavy atom. The average Bonchev–Trinajstić information content (AvgIpc) is 2.35. The van der Waals surface area contributed by atoms with Crippen LogP contribution in [0.15, 0.2) is 12.1 Å². The summed E-state index contributed by atoms with van der Waals surface area (Å²) in [5.74, 6) is -1.88. The zero-order chi connectivity index (χ0) is 13.9. The number of hydrogen-bond donors (Lipinski definition) is 1. The SMILES string of the molecule is CCc1cc([N+](=O)[O-])cc(C(=O)O)c1C(C)C#N. The lowest BCUT2D eigenvalue weighted by Gasteiger charge is -2.13. The first kappa shape index (κ1) is 13.6. The summed E-state index contributed by atoms with van der Waals surface area (Å²) in [6, 6.07) is 4.30. The Morgan fingerprint density at radius 3 is 2.61 bits per heavy atom. The van der Waals surface area contributed by atoms with E-state index in [0.717, 1.165) is 6.07 Å². The molecular weight excluding hydrogens is 236 g/mol. The van der Waals surface area contributed by atoms with E-state index in [4.69, 9.17) is 10.4 Å². The predicted octanol–water partition coefficient (Wildman–Crippen LogP) is 2.48. The highest BCUT2D eigenvalue weighted by atomic mass is 16.6. The van der Waals surface area contributed by atoms with Gasteiger partial charge in [-0.2, -0.15) is 5.26 Å². The Morgan fingerprint density at radius 1 is 1.61 bits per heavy atom. The van der Waals surface area contributed by atoms with Crippen molar-refractivity contribution in [1.82, 2.24) is 0 Å². The molecule has 1 aromatic carbocycles. The zero-order valence-electron chi connectivity index (χ0n) is 10.0. The van der Waals surface area contributed by atoms with E-state index >= 15 is 0 Å². The molecular formula is C12H12N2O4. The average molecular weight is 248 g/mol. The number of nitro groups is 1. The number of nitrogens with zero attached hydrogens (tertiary/aromatic N) is 2. The van der Waals surface area contributed by atoms with Crippen LogP contribution in [-0.4, -0.2) is 16.0 Å². The molecule has 1 N–H and O–H groups in total. The second kappa shape index (κ2) is 5.27. The second-order valence-electron chi connectivity index (χ2n) is 3.83. The third kappa shape index (κ3) is 2.46. The topological polar surface area (TPSA) is 104 Å². The van der Waals surface area contributed by atoms with Crippen LogP contribution >= 0.6 is 0 Å². The molecule has 1 aromatic rings. The van der Waals surface area contributed by atoms with Crippen molar-refractivity contribution in [3.63, 3.8) is 0 Å². The van der Waals surface area contributed by atoms with Crippen LogP contribution in [0.2, 0.25) is 0 Å². The molecule has 1 rings (SSSR count). The number of benzene rings is 1. The number of rotatable bonds is 4. The van der Waals surface area contributed by atoms with E-state index in [0.29, 0.717) is 17.5 Å². The number of nitriles is 1. The molecule has 0 spiro atoms. The summed E-state index contributed by atoms with van der Waals surface area (Å²) in [6.45, 7) is 3.34. The molecule has 1 unspecified atom stereocenters. The lowest BCUT2D eigenvalue weighted by molar-refractivity contribution is -0.385. The van der Waals surface area contributed by atoms with E-state index in [9.17, 15) is 14.9 Å². The first-order valence-corrected chi connectivity index (χ1v) is 5.36. The zero-order valence-corrected chi connectivity index (χ0v) is 10.0. The monoisotopic (exact) mass is 248 g/mol. The van der Waals surface area contributed by atoms with Gasteiger partial charge in [0.25, 0.3) is 5.69 Å². The number of carboxylic acids is 1. The van der Waals surface area contributed by atoms with Crippen LogP contribution in [0.1, 0.15) is 41.3 Å². The molecule has 0 radical (unpaired) electrons. The first-order chi connectivity index (χ1) is 8.42. The molecule has 0 aliphatic rings. The van der Waals surface area contributed by atoms with Crippen molar-refractivity contribution in [2.45, 2.75) is 26.2 Å². The van der Waals surface area contributed by atoms with Crippen molar-refractivity contribution < 1.29 is 14.8 Å². The summed E-state index contributed by atoms with van der Waals surface area (Å²) in [7, 11) is 0. The van der Waals surface area contributed by atoms with Gasteiger partial charge in [-0.25, -0.2) is 4.79 Å². The van der Waals surface area contributed by atoms with Gasteiger partial charge < -0.3 is 5.11 Å². The summed E-state index contributed by atoms with van der Waals surface area (Å²) >= 11 is 0.